The molecule has 3 heterocycles. The Kier molecular flexibility index (Phi) is 3.98. The van der Waals surface area contributed by atoms with Crippen LogP contribution in [0.25, 0.3) is 5.69 Å². The van der Waals surface area contributed by atoms with Gasteiger partial charge in [0.15, 0.2) is 11.6 Å². The van der Waals surface area contributed by atoms with Crippen LogP contribution in [-0.2, 0) is 4.74 Å². The van der Waals surface area contributed by atoms with Crippen molar-refractivity contribution < 1.29 is 9.53 Å². The van der Waals surface area contributed by atoms with Crippen molar-refractivity contribution in [3.63, 3.8) is 0 Å². The molecule has 2 aromatic rings. The second-order valence-electron chi connectivity index (χ2n) is 6.35. The van der Waals surface area contributed by atoms with E-state index in [1.165, 1.54) is 20.0 Å². The van der Waals surface area contributed by atoms with Gasteiger partial charge in [0.1, 0.15) is 12.0 Å². The van der Waals surface area contributed by atoms with Crippen molar-refractivity contribution in [3.8, 4) is 5.69 Å². The molecule has 132 valence electrons. The van der Waals surface area contributed by atoms with E-state index >= 15 is 0 Å². The van der Waals surface area contributed by atoms with E-state index < -0.39 is 6.09 Å². The fraction of sp³-hybridized carbons (Fsp3) is 0.562. The molecule has 2 aliphatic rings. The van der Waals surface area contributed by atoms with E-state index in [9.17, 15) is 4.79 Å². The Morgan fingerprint density at radius 3 is 2.92 bits per heavy atom. The first kappa shape index (κ1) is 15.8. The van der Waals surface area contributed by atoms with Gasteiger partial charge < -0.3 is 9.64 Å². The van der Waals surface area contributed by atoms with Gasteiger partial charge in [-0.2, -0.15) is 4.98 Å². The molecule has 1 N–H and O–H groups in total. The molecule has 1 unspecified atom stereocenters. The minimum atomic E-state index is -0.583. The number of carbonyl (C=O) groups excluding carboxylic acids is 1. The zero-order chi connectivity index (χ0) is 17.4. The van der Waals surface area contributed by atoms with Crippen LogP contribution in [0.3, 0.4) is 0 Å². The Bertz CT molecular complexity index is 785. The molecular weight excluding hydrogens is 322 g/mol. The van der Waals surface area contributed by atoms with Crippen LogP contribution in [0.5, 0.6) is 0 Å². The summed E-state index contributed by atoms with van der Waals surface area (Å²) in [7, 11) is 1.31. The molecular formula is C16H21N7O2. The maximum absolute atomic E-state index is 11.5. The molecule has 0 aromatic carbocycles. The molecule has 2 aromatic heterocycles. The molecule has 1 aliphatic carbocycles. The summed E-state index contributed by atoms with van der Waals surface area (Å²) in [5, 5.41) is 11.0. The normalized spacial score (nSPS) is 19.4. The molecule has 1 fully saturated rings. The van der Waals surface area contributed by atoms with Crippen LogP contribution < -0.4 is 10.2 Å². The van der Waals surface area contributed by atoms with E-state index in [2.05, 4.69) is 42.0 Å². The van der Waals surface area contributed by atoms with Crippen LogP contribution in [0.1, 0.15) is 50.9 Å². The molecule has 1 atom stereocenters. The average molecular weight is 343 g/mol. The Labute approximate surface area is 145 Å². The Balaban J connectivity index is 1.82. The number of nitrogens with zero attached hydrogens (tertiary/aromatic N) is 6. The highest BCUT2D eigenvalue weighted by Crippen LogP contribution is 2.42. The van der Waals surface area contributed by atoms with E-state index in [4.69, 9.17) is 0 Å². The number of anilines is 2. The summed E-state index contributed by atoms with van der Waals surface area (Å²) >= 11 is 0. The summed E-state index contributed by atoms with van der Waals surface area (Å²) in [6.07, 6.45) is 8.42. The summed E-state index contributed by atoms with van der Waals surface area (Å²) in [6.45, 7) is 2.14. The number of hydrogen-bond acceptors (Lipinski definition) is 7. The van der Waals surface area contributed by atoms with Gasteiger partial charge >= 0.3 is 6.09 Å². The smallest absolute Gasteiger partial charge is 0.413 e. The van der Waals surface area contributed by atoms with Crippen LogP contribution in [-0.4, -0.2) is 44.0 Å². The van der Waals surface area contributed by atoms with Gasteiger partial charge in [0.05, 0.1) is 19.3 Å². The fourth-order valence-electron chi connectivity index (χ4n) is 3.85. The number of amides is 1. The van der Waals surface area contributed by atoms with Crippen LogP contribution in [0.4, 0.5) is 16.6 Å². The SMILES string of the molecule is CCC1c2nncn2-c2cnc(NC(=O)OC)nc2N1C1CCCC1. The van der Waals surface area contributed by atoms with Gasteiger partial charge in [-0.1, -0.05) is 19.8 Å². The number of carbonyl (C=O) groups is 1. The van der Waals surface area contributed by atoms with Gasteiger partial charge in [-0.25, -0.2) is 9.78 Å². The summed E-state index contributed by atoms with van der Waals surface area (Å²) in [5.41, 5.74) is 0.840. The second-order valence-corrected chi connectivity index (χ2v) is 6.35. The molecule has 9 nitrogen and oxygen atoms in total. The number of ether oxygens (including phenoxy) is 1. The van der Waals surface area contributed by atoms with Gasteiger partial charge in [-0.05, 0) is 19.3 Å². The summed E-state index contributed by atoms with van der Waals surface area (Å²) in [4.78, 5) is 22.7. The van der Waals surface area contributed by atoms with Crippen LogP contribution in [0.15, 0.2) is 12.5 Å². The van der Waals surface area contributed by atoms with E-state index in [0.717, 1.165) is 36.6 Å². The minimum Gasteiger partial charge on any atom is -0.453 e. The average Bonchev–Trinajstić information content (AvgIpc) is 3.31. The second kappa shape index (κ2) is 6.30. The minimum absolute atomic E-state index is 0.110. The summed E-state index contributed by atoms with van der Waals surface area (Å²) < 4.78 is 6.58. The summed E-state index contributed by atoms with van der Waals surface area (Å²) in [5.74, 6) is 1.96. The topological polar surface area (TPSA) is 98.1 Å². The number of fused-ring (bicyclic) bond motifs is 3. The molecule has 0 bridgehead atoms. The van der Waals surface area contributed by atoms with Gasteiger partial charge in [0, 0.05) is 6.04 Å². The van der Waals surface area contributed by atoms with E-state index in [-0.39, 0.29) is 12.0 Å². The van der Waals surface area contributed by atoms with Gasteiger partial charge in [-0.3, -0.25) is 9.88 Å². The molecule has 1 aliphatic heterocycles. The number of hydrogen-bond donors (Lipinski definition) is 1. The number of aromatic nitrogens is 5. The third-order valence-corrected chi connectivity index (χ3v) is 4.97. The Hall–Kier alpha value is -2.71. The fourth-order valence-corrected chi connectivity index (χ4v) is 3.85. The maximum Gasteiger partial charge on any atom is 0.413 e. The van der Waals surface area contributed by atoms with Gasteiger partial charge in [0.25, 0.3) is 0 Å². The van der Waals surface area contributed by atoms with Crippen molar-refractivity contribution in [2.24, 2.45) is 0 Å². The Morgan fingerprint density at radius 2 is 2.20 bits per heavy atom. The lowest BCUT2D eigenvalue weighted by atomic mass is 10.0. The first-order valence-electron chi connectivity index (χ1n) is 8.63. The van der Waals surface area contributed by atoms with E-state index in [0.29, 0.717) is 6.04 Å². The lowest BCUT2D eigenvalue weighted by molar-refractivity contribution is 0.186. The highest BCUT2D eigenvalue weighted by molar-refractivity contribution is 5.82. The van der Waals surface area contributed by atoms with Crippen LogP contribution in [0.2, 0.25) is 0 Å². The zero-order valence-corrected chi connectivity index (χ0v) is 14.3. The van der Waals surface area contributed by atoms with E-state index in [1.54, 1.807) is 12.5 Å². The summed E-state index contributed by atoms with van der Waals surface area (Å²) in [6, 6.07) is 0.522. The number of methoxy groups -OCH3 is 1. The van der Waals surface area contributed by atoms with Gasteiger partial charge in [-0.15, -0.1) is 10.2 Å². The predicted octanol–water partition coefficient (Wildman–Crippen LogP) is 2.45. The van der Waals surface area contributed by atoms with Crippen molar-refractivity contribution in [2.45, 2.75) is 51.1 Å². The predicted molar refractivity (Wildman–Crippen MR) is 90.7 cm³/mol. The standard InChI is InChI=1S/C16H21N7O2/c1-3-11-14-21-18-9-22(14)12-8-17-15(20-16(24)25-2)19-13(12)23(11)10-6-4-5-7-10/h8-11H,3-7H2,1-2H3,(H,17,19,20,24). The molecule has 9 heteroatoms. The van der Waals surface area contributed by atoms with Crippen molar-refractivity contribution in [1.29, 1.82) is 0 Å². The molecule has 1 amide bonds. The van der Waals surface area contributed by atoms with E-state index in [1.807, 2.05) is 4.57 Å². The maximum atomic E-state index is 11.5. The molecule has 4 rings (SSSR count). The van der Waals surface area contributed by atoms with Gasteiger partial charge in [0.2, 0.25) is 5.95 Å². The lowest BCUT2D eigenvalue weighted by Crippen LogP contribution is -2.42. The largest absolute Gasteiger partial charge is 0.453 e. The zero-order valence-electron chi connectivity index (χ0n) is 14.3. The van der Waals surface area contributed by atoms with Crippen molar-refractivity contribution in [2.75, 3.05) is 17.3 Å². The van der Waals surface area contributed by atoms with Crippen molar-refractivity contribution in [1.82, 2.24) is 24.7 Å². The lowest BCUT2D eigenvalue weighted by Gasteiger charge is -2.40. The van der Waals surface area contributed by atoms with Crippen molar-refractivity contribution in [3.05, 3.63) is 18.3 Å². The van der Waals surface area contributed by atoms with Crippen LogP contribution >= 0.6 is 0 Å². The van der Waals surface area contributed by atoms with Crippen molar-refractivity contribution >= 4 is 17.9 Å². The highest BCUT2D eigenvalue weighted by Gasteiger charge is 2.38. The number of rotatable bonds is 3. The van der Waals surface area contributed by atoms with Crippen LogP contribution in [0, 0.1) is 0 Å². The highest BCUT2D eigenvalue weighted by atomic mass is 16.5. The molecule has 25 heavy (non-hydrogen) atoms. The first-order valence-corrected chi connectivity index (χ1v) is 8.63. The molecule has 0 radical (unpaired) electrons. The molecule has 0 saturated heterocycles. The third kappa shape index (κ3) is 2.59. The molecule has 1 saturated carbocycles. The quantitative estimate of drug-likeness (QED) is 0.914. The Morgan fingerprint density at radius 1 is 1.40 bits per heavy atom. The third-order valence-electron chi connectivity index (χ3n) is 4.97. The monoisotopic (exact) mass is 343 g/mol. The number of nitrogens with one attached hydrogen (secondary N) is 1. The first-order chi connectivity index (χ1) is 12.2. The molecule has 0 spiro atoms.